The number of aliphatic hydroxyl groups is 1. The standard InChI is InChI=1S/C33H41F3N2O5S2/c1-6-24(31(40)41)17-28-15-22(2)30(44-28)25-16-26(33(34,35)36)19-29(18-25)45(42,43)38(5)21-27(39)20-37-32(3,4)14-10-13-23-11-8-7-9-12-23/h7-9,11-12,15-19,27,37,39H,6,10,13-14,20-21H2,1-5H3,(H,40,41)/t27-/m1/s1. The molecule has 0 amide bonds. The van der Waals surface area contributed by atoms with Crippen LogP contribution in [-0.2, 0) is 27.4 Å². The summed E-state index contributed by atoms with van der Waals surface area (Å²) in [6, 6.07) is 14.4. The number of likely N-dealkylation sites (N-methyl/N-ethyl adjacent to an activating group) is 1. The van der Waals surface area contributed by atoms with E-state index in [0.717, 1.165) is 41.0 Å². The number of aliphatic carboxylic acids is 1. The van der Waals surface area contributed by atoms with Gasteiger partial charge in [-0.3, -0.25) is 0 Å². The molecular weight excluding hydrogens is 626 g/mol. The number of rotatable bonds is 15. The summed E-state index contributed by atoms with van der Waals surface area (Å²) in [5.41, 5.74) is 0.533. The van der Waals surface area contributed by atoms with Crippen LogP contribution in [0, 0.1) is 6.92 Å². The summed E-state index contributed by atoms with van der Waals surface area (Å²) in [4.78, 5) is 11.8. The predicted molar refractivity (Wildman–Crippen MR) is 173 cm³/mol. The third kappa shape index (κ3) is 10.2. The molecule has 0 spiro atoms. The highest BCUT2D eigenvalue weighted by Gasteiger charge is 2.34. The molecule has 1 aromatic heterocycles. The number of halogens is 3. The number of aliphatic hydroxyl groups excluding tert-OH is 1. The molecule has 0 unspecified atom stereocenters. The minimum Gasteiger partial charge on any atom is -0.478 e. The Labute approximate surface area is 267 Å². The Kier molecular flexibility index (Phi) is 12.2. The lowest BCUT2D eigenvalue weighted by molar-refractivity contribution is -0.137. The van der Waals surface area contributed by atoms with Crippen molar-refractivity contribution in [1.29, 1.82) is 0 Å². The van der Waals surface area contributed by atoms with Crippen LogP contribution in [0.4, 0.5) is 13.2 Å². The highest BCUT2D eigenvalue weighted by molar-refractivity contribution is 7.89. The first-order valence-corrected chi connectivity index (χ1v) is 16.9. The Hall–Kier alpha value is -3.03. The molecule has 0 aliphatic carbocycles. The zero-order chi connectivity index (χ0) is 33.6. The second-order valence-corrected chi connectivity index (χ2v) is 14.9. The van der Waals surface area contributed by atoms with Crippen LogP contribution in [0.5, 0.6) is 0 Å². The van der Waals surface area contributed by atoms with Crippen molar-refractivity contribution in [3.63, 3.8) is 0 Å². The number of benzene rings is 2. The minimum absolute atomic E-state index is 0.0480. The number of aryl methyl sites for hydroxylation is 2. The molecule has 1 heterocycles. The molecule has 0 aliphatic heterocycles. The van der Waals surface area contributed by atoms with E-state index in [-0.39, 0.29) is 36.2 Å². The Balaban J connectivity index is 1.78. The fraction of sp³-hybridized carbons (Fsp3) is 0.424. The first-order valence-electron chi connectivity index (χ1n) is 14.6. The summed E-state index contributed by atoms with van der Waals surface area (Å²) in [7, 11) is -3.20. The lowest BCUT2D eigenvalue weighted by Crippen LogP contribution is -2.46. The molecule has 7 nitrogen and oxygen atoms in total. The van der Waals surface area contributed by atoms with Gasteiger partial charge in [-0.05, 0) is 93.5 Å². The number of carboxylic acids is 1. The van der Waals surface area contributed by atoms with E-state index in [2.05, 4.69) is 17.4 Å². The molecule has 3 N–H and O–H groups in total. The van der Waals surface area contributed by atoms with Crippen molar-refractivity contribution in [1.82, 2.24) is 9.62 Å². The van der Waals surface area contributed by atoms with Crippen molar-refractivity contribution in [2.24, 2.45) is 0 Å². The van der Waals surface area contributed by atoms with Crippen LogP contribution in [-0.4, -0.2) is 60.7 Å². The maximum atomic E-state index is 13.9. The quantitative estimate of drug-likeness (QED) is 0.151. The highest BCUT2D eigenvalue weighted by atomic mass is 32.2. The van der Waals surface area contributed by atoms with Crippen LogP contribution in [0.2, 0.25) is 0 Å². The number of sulfonamides is 1. The van der Waals surface area contributed by atoms with Crippen LogP contribution in [0.1, 0.15) is 61.6 Å². The number of alkyl halides is 3. The van der Waals surface area contributed by atoms with Crippen molar-refractivity contribution in [2.45, 2.75) is 76.1 Å². The zero-order valence-electron chi connectivity index (χ0n) is 26.1. The van der Waals surface area contributed by atoms with Gasteiger partial charge in [-0.15, -0.1) is 11.3 Å². The maximum Gasteiger partial charge on any atom is 0.416 e. The number of carbonyl (C=O) groups is 1. The highest BCUT2D eigenvalue weighted by Crippen LogP contribution is 2.39. The van der Waals surface area contributed by atoms with Crippen LogP contribution in [0.15, 0.2) is 65.1 Å². The van der Waals surface area contributed by atoms with Gasteiger partial charge >= 0.3 is 12.1 Å². The van der Waals surface area contributed by atoms with Gasteiger partial charge in [-0.25, -0.2) is 13.2 Å². The molecule has 3 rings (SSSR count). The Morgan fingerprint density at radius 1 is 1.11 bits per heavy atom. The van der Waals surface area contributed by atoms with E-state index in [4.69, 9.17) is 0 Å². The second-order valence-electron chi connectivity index (χ2n) is 11.8. The second kappa shape index (κ2) is 15.0. The molecule has 0 saturated carbocycles. The number of hydrogen-bond donors (Lipinski definition) is 3. The van der Waals surface area contributed by atoms with Gasteiger partial charge in [0.15, 0.2) is 0 Å². The lowest BCUT2D eigenvalue weighted by Gasteiger charge is -2.29. The SMILES string of the molecule is CCC(=Cc1cc(C)c(-c2cc(C(F)(F)F)cc(S(=O)(=O)N(C)C[C@H](O)CNC(C)(C)CCCc3ccccc3)c2)s1)C(=O)O. The van der Waals surface area contributed by atoms with E-state index in [9.17, 15) is 36.6 Å². The first-order chi connectivity index (χ1) is 20.9. The summed E-state index contributed by atoms with van der Waals surface area (Å²) >= 11 is 1.08. The Morgan fingerprint density at radius 2 is 1.78 bits per heavy atom. The third-order valence-corrected chi connectivity index (χ3v) is 10.5. The number of carboxylic acid groups (broad SMARTS) is 1. The molecule has 45 heavy (non-hydrogen) atoms. The zero-order valence-corrected chi connectivity index (χ0v) is 27.7. The summed E-state index contributed by atoms with van der Waals surface area (Å²) < 4.78 is 69.7. The molecule has 0 radical (unpaired) electrons. The van der Waals surface area contributed by atoms with E-state index < -0.39 is 38.7 Å². The van der Waals surface area contributed by atoms with Gasteiger partial charge in [0, 0.05) is 41.0 Å². The molecule has 0 fully saturated rings. The molecule has 0 aliphatic rings. The molecule has 246 valence electrons. The van der Waals surface area contributed by atoms with Crippen molar-refractivity contribution in [2.75, 3.05) is 20.1 Å². The summed E-state index contributed by atoms with van der Waals surface area (Å²) in [5.74, 6) is -1.09. The lowest BCUT2D eigenvalue weighted by atomic mass is 9.95. The van der Waals surface area contributed by atoms with Gasteiger partial charge in [0.1, 0.15) is 0 Å². The fourth-order valence-electron chi connectivity index (χ4n) is 4.89. The van der Waals surface area contributed by atoms with Gasteiger partial charge in [-0.1, -0.05) is 37.3 Å². The average Bonchev–Trinajstić information content (AvgIpc) is 3.34. The molecule has 12 heteroatoms. The van der Waals surface area contributed by atoms with Crippen LogP contribution < -0.4 is 5.32 Å². The van der Waals surface area contributed by atoms with E-state index >= 15 is 0 Å². The van der Waals surface area contributed by atoms with Gasteiger partial charge in [0.05, 0.1) is 16.6 Å². The predicted octanol–water partition coefficient (Wildman–Crippen LogP) is 6.99. The molecule has 3 aromatic rings. The topological polar surface area (TPSA) is 107 Å². The van der Waals surface area contributed by atoms with Crippen LogP contribution in [0.25, 0.3) is 16.5 Å². The number of thiophene rings is 1. The van der Waals surface area contributed by atoms with Crippen LogP contribution in [0.3, 0.4) is 0 Å². The van der Waals surface area contributed by atoms with E-state index in [1.165, 1.54) is 24.8 Å². The minimum atomic E-state index is -4.82. The normalized spacial score (nSPS) is 13.8. The van der Waals surface area contributed by atoms with Crippen molar-refractivity contribution in [3.8, 4) is 10.4 Å². The molecule has 2 aromatic carbocycles. The van der Waals surface area contributed by atoms with Crippen molar-refractivity contribution >= 4 is 33.4 Å². The van der Waals surface area contributed by atoms with E-state index in [1.807, 2.05) is 32.0 Å². The van der Waals surface area contributed by atoms with E-state index in [0.29, 0.717) is 21.4 Å². The summed E-state index contributed by atoms with van der Waals surface area (Å²) in [6.45, 7) is 7.10. The maximum absolute atomic E-state index is 13.9. The first kappa shape index (κ1) is 36.4. The van der Waals surface area contributed by atoms with Crippen molar-refractivity contribution < 1.29 is 36.6 Å². The Bertz CT molecular complexity index is 1600. The molecule has 1 atom stereocenters. The van der Waals surface area contributed by atoms with Gasteiger partial charge in [0.25, 0.3) is 0 Å². The largest absolute Gasteiger partial charge is 0.478 e. The molecule has 0 bridgehead atoms. The Morgan fingerprint density at radius 3 is 2.38 bits per heavy atom. The monoisotopic (exact) mass is 666 g/mol. The number of β-amino-alcohol motifs (C(OH)–C–C–N with tert-alkyl or cyclic N) is 1. The molecular formula is C33H41F3N2O5S2. The van der Waals surface area contributed by atoms with Crippen LogP contribution >= 0.6 is 11.3 Å². The summed E-state index contributed by atoms with van der Waals surface area (Å²) in [5, 5.41) is 23.3. The number of hydrogen-bond acceptors (Lipinski definition) is 6. The van der Waals surface area contributed by atoms with Gasteiger partial charge < -0.3 is 15.5 Å². The van der Waals surface area contributed by atoms with Gasteiger partial charge in [-0.2, -0.15) is 17.5 Å². The fourth-order valence-corrected chi connectivity index (χ4v) is 7.30. The smallest absolute Gasteiger partial charge is 0.416 e. The number of nitrogens with one attached hydrogen (secondary N) is 1. The number of nitrogens with zero attached hydrogens (tertiary/aromatic N) is 1. The summed E-state index contributed by atoms with van der Waals surface area (Å²) in [6.07, 6.45) is -1.59. The third-order valence-electron chi connectivity index (χ3n) is 7.51. The van der Waals surface area contributed by atoms with Crippen molar-refractivity contribution in [3.05, 3.63) is 81.7 Å². The van der Waals surface area contributed by atoms with Gasteiger partial charge in [0.2, 0.25) is 10.0 Å². The molecule has 0 saturated heterocycles. The average molecular weight is 667 g/mol. The van der Waals surface area contributed by atoms with E-state index in [1.54, 1.807) is 19.9 Å².